The van der Waals surface area contributed by atoms with Crippen LogP contribution in [0, 0.1) is 0 Å². The smallest absolute Gasteiger partial charge is 0.335 e. The number of hydrogen-bond donors (Lipinski definition) is 1. The molecule has 1 saturated heterocycles. The molecule has 0 atom stereocenters. The van der Waals surface area contributed by atoms with E-state index >= 15 is 0 Å². The van der Waals surface area contributed by atoms with Crippen LogP contribution in [0.3, 0.4) is 0 Å². The van der Waals surface area contributed by atoms with Crippen molar-refractivity contribution in [2.75, 3.05) is 19.5 Å². The molecule has 26 heavy (non-hydrogen) atoms. The van der Waals surface area contributed by atoms with Gasteiger partial charge in [0, 0.05) is 18.6 Å². The molecule has 9 heteroatoms. The van der Waals surface area contributed by atoms with Gasteiger partial charge in [0.25, 0.3) is 10.1 Å². The van der Waals surface area contributed by atoms with Crippen LogP contribution in [0.4, 0.5) is 0 Å². The van der Waals surface area contributed by atoms with Crippen molar-refractivity contribution in [2.45, 2.75) is 24.9 Å². The molecule has 2 heterocycles. The van der Waals surface area contributed by atoms with Gasteiger partial charge in [-0.25, -0.2) is 9.78 Å². The Morgan fingerprint density at radius 3 is 2.54 bits per heavy atom. The maximum atomic E-state index is 11.2. The number of hydrogen-bond acceptors (Lipinski definition) is 7. The van der Waals surface area contributed by atoms with Gasteiger partial charge < -0.3 is 9.84 Å². The monoisotopic (exact) mass is 397 g/mol. The summed E-state index contributed by atoms with van der Waals surface area (Å²) in [5, 5.41) is 11.8. The van der Waals surface area contributed by atoms with E-state index in [2.05, 4.69) is 4.98 Å². The zero-order chi connectivity index (χ0) is 18.8. The molecule has 0 saturated carbocycles. The van der Waals surface area contributed by atoms with E-state index in [9.17, 15) is 13.2 Å². The van der Waals surface area contributed by atoms with Crippen LogP contribution in [-0.2, 0) is 31.1 Å². The topological polar surface area (TPSA) is 103 Å². The second-order valence-electron chi connectivity index (χ2n) is 6.19. The van der Waals surface area contributed by atoms with Crippen LogP contribution in [0.5, 0.6) is 0 Å². The van der Waals surface area contributed by atoms with Gasteiger partial charge in [0.05, 0.1) is 22.9 Å². The molecule has 0 bridgehead atoms. The van der Waals surface area contributed by atoms with Gasteiger partial charge in [0.1, 0.15) is 11.6 Å². The highest BCUT2D eigenvalue weighted by molar-refractivity contribution is 7.85. The lowest BCUT2D eigenvalue weighted by Gasteiger charge is -2.36. The Balaban J connectivity index is 1.93. The highest BCUT2D eigenvalue weighted by Crippen LogP contribution is 2.42. The van der Waals surface area contributed by atoms with Crippen molar-refractivity contribution in [1.29, 1.82) is 0 Å². The molecular formula is C17H19NO6S2. The van der Waals surface area contributed by atoms with Gasteiger partial charge in [0.15, 0.2) is 0 Å². The summed E-state index contributed by atoms with van der Waals surface area (Å²) >= 11 is 1.45. The standard InChI is InChI=1S/C17H19NO6S2/c1-26(21,22)24-10-14-11-25-16(18-14)17(6-8-23-9-7-17)13-4-2-12(3-5-13)15(19)20/h2-5,11H,6-10H2,1H3,(H,19,20). The number of carbonyl (C=O) groups is 1. The molecule has 0 spiro atoms. The number of aromatic carboxylic acids is 1. The number of carboxylic acid groups (broad SMARTS) is 1. The second-order valence-corrected chi connectivity index (χ2v) is 8.69. The summed E-state index contributed by atoms with van der Waals surface area (Å²) in [7, 11) is -3.53. The molecule has 140 valence electrons. The molecule has 1 aliphatic heterocycles. The predicted octanol–water partition coefficient (Wildman–Crippen LogP) is 2.41. The summed E-state index contributed by atoms with van der Waals surface area (Å²) in [6.07, 6.45) is 2.45. The fourth-order valence-electron chi connectivity index (χ4n) is 3.04. The molecular weight excluding hydrogens is 378 g/mol. The van der Waals surface area contributed by atoms with E-state index < -0.39 is 16.1 Å². The largest absolute Gasteiger partial charge is 0.478 e. The van der Waals surface area contributed by atoms with E-state index in [1.807, 2.05) is 12.1 Å². The van der Waals surface area contributed by atoms with Gasteiger partial charge >= 0.3 is 5.97 Å². The van der Waals surface area contributed by atoms with Crippen molar-refractivity contribution >= 4 is 27.4 Å². The summed E-state index contributed by atoms with van der Waals surface area (Å²) in [5.41, 5.74) is 1.40. The van der Waals surface area contributed by atoms with Gasteiger partial charge in [-0.1, -0.05) is 12.1 Å². The van der Waals surface area contributed by atoms with Crippen LogP contribution in [0.15, 0.2) is 29.6 Å². The third-order valence-electron chi connectivity index (χ3n) is 4.41. The van der Waals surface area contributed by atoms with E-state index in [1.54, 1.807) is 17.5 Å². The van der Waals surface area contributed by atoms with E-state index in [1.165, 1.54) is 11.3 Å². The number of thiazole rings is 1. The normalized spacial score (nSPS) is 17.1. The summed E-state index contributed by atoms with van der Waals surface area (Å²) < 4.78 is 32.7. The first kappa shape index (κ1) is 19.0. The Bertz CT molecular complexity index is 882. The molecule has 0 unspecified atom stereocenters. The maximum Gasteiger partial charge on any atom is 0.335 e. The average molecular weight is 397 g/mol. The Morgan fingerprint density at radius 2 is 1.96 bits per heavy atom. The van der Waals surface area contributed by atoms with Gasteiger partial charge in [0.2, 0.25) is 0 Å². The van der Waals surface area contributed by atoms with E-state index in [-0.39, 0.29) is 17.6 Å². The predicted molar refractivity (Wildman–Crippen MR) is 96.0 cm³/mol. The van der Waals surface area contributed by atoms with Crippen LogP contribution >= 0.6 is 11.3 Å². The molecule has 0 amide bonds. The highest BCUT2D eigenvalue weighted by Gasteiger charge is 2.39. The Morgan fingerprint density at radius 1 is 1.31 bits per heavy atom. The fourth-order valence-corrected chi connectivity index (χ4v) is 4.46. The first-order chi connectivity index (χ1) is 12.3. The van der Waals surface area contributed by atoms with Crippen LogP contribution < -0.4 is 0 Å². The van der Waals surface area contributed by atoms with E-state index in [0.717, 1.165) is 29.7 Å². The summed E-state index contributed by atoms with van der Waals surface area (Å²) in [6.45, 7) is 1.06. The van der Waals surface area contributed by atoms with Crippen LogP contribution in [0.1, 0.15) is 39.5 Å². The van der Waals surface area contributed by atoms with Crippen LogP contribution in [0.25, 0.3) is 0 Å². The van der Waals surface area contributed by atoms with Crippen molar-refractivity contribution in [3.05, 3.63) is 51.5 Å². The van der Waals surface area contributed by atoms with Crippen molar-refractivity contribution in [3.8, 4) is 0 Å². The minimum Gasteiger partial charge on any atom is -0.478 e. The van der Waals surface area contributed by atoms with E-state index in [0.29, 0.717) is 18.9 Å². The van der Waals surface area contributed by atoms with Crippen LogP contribution in [-0.4, -0.2) is 43.9 Å². The van der Waals surface area contributed by atoms with Gasteiger partial charge in [-0.05, 0) is 30.5 Å². The Labute approximate surface area is 155 Å². The Kier molecular flexibility index (Phi) is 5.42. The average Bonchev–Trinajstić information content (AvgIpc) is 3.10. The fraction of sp³-hybridized carbons (Fsp3) is 0.412. The lowest BCUT2D eigenvalue weighted by Crippen LogP contribution is -2.35. The van der Waals surface area contributed by atoms with Gasteiger partial charge in [-0.3, -0.25) is 4.18 Å². The molecule has 1 aromatic carbocycles. The lowest BCUT2D eigenvalue weighted by atomic mass is 9.74. The van der Waals surface area contributed by atoms with E-state index in [4.69, 9.17) is 14.0 Å². The minimum atomic E-state index is -3.53. The zero-order valence-corrected chi connectivity index (χ0v) is 15.8. The molecule has 1 N–H and O–H groups in total. The van der Waals surface area contributed by atoms with Crippen molar-refractivity contribution in [3.63, 3.8) is 0 Å². The molecule has 0 aliphatic carbocycles. The number of nitrogens with zero attached hydrogens (tertiary/aromatic N) is 1. The first-order valence-corrected chi connectivity index (χ1v) is 10.7. The Hall–Kier alpha value is -1.81. The number of benzene rings is 1. The molecule has 1 fully saturated rings. The van der Waals surface area contributed by atoms with Crippen LogP contribution in [0.2, 0.25) is 0 Å². The number of ether oxygens (including phenoxy) is 1. The lowest BCUT2D eigenvalue weighted by molar-refractivity contribution is 0.0628. The summed E-state index contributed by atoms with van der Waals surface area (Å²) in [4.78, 5) is 15.7. The maximum absolute atomic E-state index is 11.2. The van der Waals surface area contributed by atoms with Gasteiger partial charge in [-0.2, -0.15) is 8.42 Å². The van der Waals surface area contributed by atoms with Gasteiger partial charge in [-0.15, -0.1) is 11.3 Å². The molecule has 0 radical (unpaired) electrons. The molecule has 1 aromatic heterocycles. The van der Waals surface area contributed by atoms with Crippen molar-refractivity contribution < 1.29 is 27.2 Å². The first-order valence-electron chi connectivity index (χ1n) is 8.01. The molecule has 7 nitrogen and oxygen atoms in total. The number of carboxylic acids is 1. The highest BCUT2D eigenvalue weighted by atomic mass is 32.2. The zero-order valence-electron chi connectivity index (χ0n) is 14.2. The SMILES string of the molecule is CS(=O)(=O)OCc1csc(C2(c3ccc(C(=O)O)cc3)CCOCC2)n1. The quantitative estimate of drug-likeness (QED) is 0.747. The minimum absolute atomic E-state index is 0.0974. The summed E-state index contributed by atoms with van der Waals surface area (Å²) in [5.74, 6) is -0.966. The second kappa shape index (κ2) is 7.43. The number of rotatable bonds is 6. The third-order valence-corrected chi connectivity index (χ3v) is 6.05. The van der Waals surface area contributed by atoms with Crippen molar-refractivity contribution in [2.24, 2.45) is 0 Å². The summed E-state index contributed by atoms with van der Waals surface area (Å²) in [6, 6.07) is 6.83. The number of aromatic nitrogens is 1. The molecule has 2 aromatic rings. The third kappa shape index (κ3) is 4.12. The van der Waals surface area contributed by atoms with Crippen molar-refractivity contribution in [1.82, 2.24) is 4.98 Å². The molecule has 1 aliphatic rings. The molecule has 3 rings (SSSR count).